The SMILES string of the molecule is Cc1ccc(C(=O)c2nc(-c3ccccc3)oc2-c2ccccc2)cc1. The fourth-order valence-corrected chi connectivity index (χ4v) is 2.81. The van der Waals surface area contributed by atoms with Crippen LogP contribution < -0.4 is 0 Å². The minimum Gasteiger partial charge on any atom is -0.435 e. The maximum atomic E-state index is 13.1. The van der Waals surface area contributed by atoms with Gasteiger partial charge in [-0.25, -0.2) is 4.98 Å². The molecule has 3 nitrogen and oxygen atoms in total. The molecule has 0 N–H and O–H groups in total. The van der Waals surface area contributed by atoms with Gasteiger partial charge in [0, 0.05) is 16.7 Å². The molecular weight excluding hydrogens is 322 g/mol. The lowest BCUT2D eigenvalue weighted by Crippen LogP contribution is -2.03. The van der Waals surface area contributed by atoms with E-state index in [1.165, 1.54) is 0 Å². The monoisotopic (exact) mass is 339 g/mol. The van der Waals surface area contributed by atoms with Crippen LogP contribution in [0.5, 0.6) is 0 Å². The van der Waals surface area contributed by atoms with Crippen LogP contribution in [0.3, 0.4) is 0 Å². The summed E-state index contributed by atoms with van der Waals surface area (Å²) in [5.74, 6) is 0.796. The van der Waals surface area contributed by atoms with E-state index in [1.807, 2.05) is 91.9 Å². The van der Waals surface area contributed by atoms with Crippen LogP contribution in [0.25, 0.3) is 22.8 Å². The van der Waals surface area contributed by atoms with E-state index < -0.39 is 0 Å². The second kappa shape index (κ2) is 6.81. The van der Waals surface area contributed by atoms with Gasteiger partial charge in [-0.2, -0.15) is 0 Å². The topological polar surface area (TPSA) is 43.1 Å². The van der Waals surface area contributed by atoms with Gasteiger partial charge in [-0.15, -0.1) is 0 Å². The maximum absolute atomic E-state index is 13.1. The van der Waals surface area contributed by atoms with E-state index in [0.29, 0.717) is 22.9 Å². The van der Waals surface area contributed by atoms with Gasteiger partial charge in [0.2, 0.25) is 11.7 Å². The molecule has 3 aromatic carbocycles. The molecule has 126 valence electrons. The summed E-state index contributed by atoms with van der Waals surface area (Å²) in [6.07, 6.45) is 0. The number of hydrogen-bond donors (Lipinski definition) is 0. The van der Waals surface area contributed by atoms with E-state index in [-0.39, 0.29) is 5.78 Å². The summed E-state index contributed by atoms with van der Waals surface area (Å²) < 4.78 is 6.02. The first-order valence-corrected chi connectivity index (χ1v) is 8.45. The van der Waals surface area contributed by atoms with E-state index in [1.54, 1.807) is 0 Å². The van der Waals surface area contributed by atoms with Gasteiger partial charge in [-0.1, -0.05) is 78.4 Å². The van der Waals surface area contributed by atoms with E-state index in [4.69, 9.17) is 4.42 Å². The Hall–Kier alpha value is -3.46. The summed E-state index contributed by atoms with van der Waals surface area (Å²) in [5, 5.41) is 0. The number of carbonyl (C=O) groups is 1. The van der Waals surface area contributed by atoms with Crippen LogP contribution in [0.4, 0.5) is 0 Å². The molecule has 0 spiro atoms. The Morgan fingerprint density at radius 1 is 0.769 bits per heavy atom. The molecule has 0 atom stereocenters. The number of rotatable bonds is 4. The third-order valence-electron chi connectivity index (χ3n) is 4.21. The highest BCUT2D eigenvalue weighted by Crippen LogP contribution is 2.31. The standard InChI is InChI=1S/C23H17NO2/c1-16-12-14-17(15-13-16)21(25)20-22(18-8-4-2-5-9-18)26-23(24-20)19-10-6-3-7-11-19/h2-15H,1H3. The number of aromatic nitrogens is 1. The normalized spacial score (nSPS) is 10.7. The highest BCUT2D eigenvalue weighted by molar-refractivity contribution is 6.11. The van der Waals surface area contributed by atoms with Gasteiger partial charge < -0.3 is 4.42 Å². The zero-order chi connectivity index (χ0) is 17.9. The van der Waals surface area contributed by atoms with Gasteiger partial charge >= 0.3 is 0 Å². The zero-order valence-electron chi connectivity index (χ0n) is 14.3. The third-order valence-corrected chi connectivity index (χ3v) is 4.21. The van der Waals surface area contributed by atoms with Crippen molar-refractivity contribution >= 4 is 5.78 Å². The van der Waals surface area contributed by atoms with Gasteiger partial charge in [0.1, 0.15) is 0 Å². The van der Waals surface area contributed by atoms with Crippen molar-refractivity contribution in [3.05, 3.63) is 102 Å². The highest BCUT2D eigenvalue weighted by atomic mass is 16.4. The molecule has 0 aliphatic heterocycles. The molecule has 4 aromatic rings. The van der Waals surface area contributed by atoms with Crippen molar-refractivity contribution in [1.29, 1.82) is 0 Å². The minimum absolute atomic E-state index is 0.144. The second-order valence-corrected chi connectivity index (χ2v) is 6.12. The van der Waals surface area contributed by atoms with Gasteiger partial charge in [0.05, 0.1) is 0 Å². The number of nitrogens with zero attached hydrogens (tertiary/aromatic N) is 1. The number of hydrogen-bond acceptors (Lipinski definition) is 3. The Labute approximate surface area is 152 Å². The lowest BCUT2D eigenvalue weighted by molar-refractivity contribution is 0.103. The fraction of sp³-hybridized carbons (Fsp3) is 0.0435. The average molecular weight is 339 g/mol. The molecule has 3 heteroatoms. The lowest BCUT2D eigenvalue weighted by atomic mass is 10.0. The average Bonchev–Trinajstić information content (AvgIpc) is 3.15. The first-order valence-electron chi connectivity index (χ1n) is 8.45. The van der Waals surface area contributed by atoms with Crippen LogP contribution in [0.15, 0.2) is 89.3 Å². The van der Waals surface area contributed by atoms with Crippen LogP contribution >= 0.6 is 0 Å². The molecule has 26 heavy (non-hydrogen) atoms. The van der Waals surface area contributed by atoms with Gasteiger partial charge in [0.25, 0.3) is 0 Å². The number of oxazole rings is 1. The molecular formula is C23H17NO2. The van der Waals surface area contributed by atoms with E-state index in [9.17, 15) is 4.79 Å². The Morgan fingerprint density at radius 3 is 1.96 bits per heavy atom. The predicted molar refractivity (Wildman–Crippen MR) is 102 cm³/mol. The molecule has 0 bridgehead atoms. The maximum Gasteiger partial charge on any atom is 0.227 e. The van der Waals surface area contributed by atoms with Gasteiger partial charge in [-0.3, -0.25) is 4.79 Å². The van der Waals surface area contributed by atoms with Crippen molar-refractivity contribution in [3.63, 3.8) is 0 Å². The van der Waals surface area contributed by atoms with E-state index in [0.717, 1.165) is 16.7 Å². The molecule has 0 unspecified atom stereocenters. The summed E-state index contributed by atoms with van der Waals surface area (Å²) in [4.78, 5) is 17.6. The van der Waals surface area contributed by atoms with Crippen molar-refractivity contribution in [2.75, 3.05) is 0 Å². The Balaban J connectivity index is 1.85. The number of aryl methyl sites for hydroxylation is 1. The van der Waals surface area contributed by atoms with Crippen LogP contribution in [-0.2, 0) is 0 Å². The third kappa shape index (κ3) is 3.07. The smallest absolute Gasteiger partial charge is 0.227 e. The molecule has 0 saturated heterocycles. The Kier molecular flexibility index (Phi) is 4.20. The predicted octanol–water partition coefficient (Wildman–Crippen LogP) is 5.55. The van der Waals surface area contributed by atoms with Crippen LogP contribution in [0, 0.1) is 6.92 Å². The highest BCUT2D eigenvalue weighted by Gasteiger charge is 2.23. The first kappa shape index (κ1) is 16.0. The first-order chi connectivity index (χ1) is 12.7. The quantitative estimate of drug-likeness (QED) is 0.458. The largest absolute Gasteiger partial charge is 0.435 e. The summed E-state index contributed by atoms with van der Waals surface area (Å²) in [6.45, 7) is 1.99. The van der Waals surface area contributed by atoms with Crippen LogP contribution in [0.1, 0.15) is 21.6 Å². The molecule has 1 heterocycles. The van der Waals surface area contributed by atoms with Crippen molar-refractivity contribution in [2.45, 2.75) is 6.92 Å². The van der Waals surface area contributed by atoms with Crippen molar-refractivity contribution in [3.8, 4) is 22.8 Å². The number of ketones is 1. The molecule has 0 aliphatic carbocycles. The fourth-order valence-electron chi connectivity index (χ4n) is 2.81. The van der Waals surface area contributed by atoms with E-state index >= 15 is 0 Å². The minimum atomic E-state index is -0.144. The van der Waals surface area contributed by atoms with E-state index in [2.05, 4.69) is 4.98 Å². The second-order valence-electron chi connectivity index (χ2n) is 6.12. The summed E-state index contributed by atoms with van der Waals surface area (Å²) in [7, 11) is 0. The Morgan fingerprint density at radius 2 is 1.35 bits per heavy atom. The zero-order valence-corrected chi connectivity index (χ0v) is 14.3. The molecule has 0 aliphatic rings. The summed E-state index contributed by atoms with van der Waals surface area (Å²) >= 11 is 0. The molecule has 0 saturated carbocycles. The molecule has 0 radical (unpaired) electrons. The van der Waals surface area contributed by atoms with Gasteiger partial charge in [-0.05, 0) is 19.1 Å². The lowest BCUT2D eigenvalue weighted by Gasteiger charge is -2.01. The molecule has 1 aromatic heterocycles. The van der Waals surface area contributed by atoms with Crippen molar-refractivity contribution in [1.82, 2.24) is 4.98 Å². The molecule has 4 rings (SSSR count). The molecule has 0 amide bonds. The Bertz CT molecular complexity index is 1030. The van der Waals surface area contributed by atoms with Crippen molar-refractivity contribution < 1.29 is 9.21 Å². The number of carbonyl (C=O) groups excluding carboxylic acids is 1. The van der Waals surface area contributed by atoms with Crippen molar-refractivity contribution in [2.24, 2.45) is 0 Å². The van der Waals surface area contributed by atoms with Crippen LogP contribution in [-0.4, -0.2) is 10.8 Å². The summed E-state index contributed by atoms with van der Waals surface area (Å²) in [6, 6.07) is 26.7. The number of benzene rings is 3. The van der Waals surface area contributed by atoms with Crippen LogP contribution in [0.2, 0.25) is 0 Å². The van der Waals surface area contributed by atoms with Gasteiger partial charge in [0.15, 0.2) is 11.5 Å². The molecule has 0 fully saturated rings. The summed E-state index contributed by atoms with van der Waals surface area (Å²) in [5.41, 5.74) is 3.71.